The Balaban J connectivity index is 3.29. The summed E-state index contributed by atoms with van der Waals surface area (Å²) >= 11 is 0. The number of halogens is 1. The van der Waals surface area contributed by atoms with Crippen LogP contribution in [0.15, 0.2) is 0 Å². The Labute approximate surface area is 65.7 Å². The Morgan fingerprint density at radius 2 is 2.45 bits per heavy atom. The number of esters is 1. The summed E-state index contributed by atoms with van der Waals surface area (Å²) in [5.74, 6) is 1.61. The summed E-state index contributed by atoms with van der Waals surface area (Å²) < 4.78 is 16.7. The second kappa shape index (κ2) is 5.72. The fourth-order valence-electron chi connectivity index (χ4n) is 0.611. The molecular weight excluding hydrogens is 147 g/mol. The molecule has 0 unspecified atom stereocenters. The number of terminal acetylenes is 1. The van der Waals surface area contributed by atoms with E-state index >= 15 is 0 Å². The van der Waals surface area contributed by atoms with E-state index in [9.17, 15) is 9.18 Å². The molecule has 2 nitrogen and oxygen atoms in total. The fraction of sp³-hybridized carbons (Fsp3) is 0.625. The average Bonchev–Trinajstić information content (AvgIpc) is 2.04. The van der Waals surface area contributed by atoms with Gasteiger partial charge in [-0.1, -0.05) is 5.92 Å². The zero-order valence-corrected chi connectivity index (χ0v) is 6.47. The van der Waals surface area contributed by atoms with Crippen LogP contribution in [-0.4, -0.2) is 19.3 Å². The molecule has 0 aromatic rings. The van der Waals surface area contributed by atoms with Gasteiger partial charge in [-0.15, -0.1) is 6.42 Å². The summed E-state index contributed by atoms with van der Waals surface area (Å²) in [4.78, 5) is 10.5. The zero-order chi connectivity index (χ0) is 8.69. The van der Waals surface area contributed by atoms with Crippen molar-refractivity contribution >= 4 is 5.97 Å². The summed E-state index contributed by atoms with van der Waals surface area (Å²) in [6.07, 6.45) is 4.45. The average molecular weight is 158 g/mol. The van der Waals surface area contributed by atoms with Crippen LogP contribution in [0.25, 0.3) is 0 Å². The van der Waals surface area contributed by atoms with E-state index in [0.717, 1.165) is 0 Å². The minimum absolute atomic E-state index is 0.228. The van der Waals surface area contributed by atoms with Crippen LogP contribution < -0.4 is 0 Å². The Morgan fingerprint density at radius 1 is 1.82 bits per heavy atom. The van der Waals surface area contributed by atoms with Gasteiger partial charge >= 0.3 is 5.97 Å². The molecule has 3 heteroatoms. The Kier molecular flexibility index (Phi) is 5.18. The van der Waals surface area contributed by atoms with Crippen molar-refractivity contribution < 1.29 is 13.9 Å². The van der Waals surface area contributed by atoms with Crippen LogP contribution in [0.2, 0.25) is 0 Å². The van der Waals surface area contributed by atoms with E-state index in [0.29, 0.717) is 6.42 Å². The van der Waals surface area contributed by atoms with Gasteiger partial charge in [-0.05, 0) is 12.8 Å². The van der Waals surface area contributed by atoms with Crippen molar-refractivity contribution in [2.45, 2.75) is 25.4 Å². The number of carbonyl (C=O) groups is 1. The highest BCUT2D eigenvalue weighted by molar-refractivity contribution is 5.68. The third-order valence-corrected chi connectivity index (χ3v) is 1.25. The Bertz CT molecular complexity index is 160. The van der Waals surface area contributed by atoms with E-state index in [1.54, 1.807) is 0 Å². The van der Waals surface area contributed by atoms with Crippen molar-refractivity contribution in [2.75, 3.05) is 7.11 Å². The number of rotatable bonds is 4. The maximum absolute atomic E-state index is 12.3. The maximum atomic E-state index is 12.3. The first kappa shape index (κ1) is 9.96. The maximum Gasteiger partial charge on any atom is 0.305 e. The SMILES string of the molecule is C#C[C@H](F)CCCC(=O)OC. The summed E-state index contributed by atoms with van der Waals surface area (Å²) in [6, 6.07) is 0. The van der Waals surface area contributed by atoms with Gasteiger partial charge < -0.3 is 4.74 Å². The van der Waals surface area contributed by atoms with Crippen molar-refractivity contribution in [3.8, 4) is 12.3 Å². The molecular formula is C8H11FO2. The molecule has 0 heterocycles. The number of alkyl halides is 1. The molecule has 0 saturated heterocycles. The zero-order valence-electron chi connectivity index (χ0n) is 6.47. The monoisotopic (exact) mass is 158 g/mol. The first-order chi connectivity index (χ1) is 5.20. The molecule has 0 rings (SSSR count). The van der Waals surface area contributed by atoms with Crippen LogP contribution in [0.4, 0.5) is 4.39 Å². The molecule has 0 saturated carbocycles. The van der Waals surface area contributed by atoms with Gasteiger partial charge in [0.15, 0.2) is 6.17 Å². The number of carbonyl (C=O) groups excluding carboxylic acids is 1. The highest BCUT2D eigenvalue weighted by Gasteiger charge is 2.04. The Morgan fingerprint density at radius 3 is 2.91 bits per heavy atom. The second-order valence-corrected chi connectivity index (χ2v) is 2.10. The number of hydrogen-bond donors (Lipinski definition) is 0. The molecule has 0 spiro atoms. The molecule has 0 aromatic carbocycles. The van der Waals surface area contributed by atoms with E-state index in [1.165, 1.54) is 7.11 Å². The summed E-state index contributed by atoms with van der Waals surface area (Å²) in [5.41, 5.74) is 0. The van der Waals surface area contributed by atoms with Gasteiger partial charge in [0.05, 0.1) is 7.11 Å². The highest BCUT2D eigenvalue weighted by atomic mass is 19.1. The molecule has 11 heavy (non-hydrogen) atoms. The van der Waals surface area contributed by atoms with E-state index in [-0.39, 0.29) is 18.8 Å². The van der Waals surface area contributed by atoms with Gasteiger partial charge in [0.1, 0.15) is 0 Å². The number of methoxy groups -OCH3 is 1. The van der Waals surface area contributed by atoms with Gasteiger partial charge in [0.25, 0.3) is 0 Å². The first-order valence-corrected chi connectivity index (χ1v) is 3.37. The molecule has 0 aliphatic rings. The predicted molar refractivity (Wildman–Crippen MR) is 39.6 cm³/mol. The third kappa shape index (κ3) is 5.41. The number of hydrogen-bond acceptors (Lipinski definition) is 2. The minimum Gasteiger partial charge on any atom is -0.469 e. The minimum atomic E-state index is -1.24. The first-order valence-electron chi connectivity index (χ1n) is 3.37. The van der Waals surface area contributed by atoms with Gasteiger partial charge in [-0.25, -0.2) is 4.39 Å². The Hall–Kier alpha value is -1.04. The lowest BCUT2D eigenvalue weighted by Crippen LogP contribution is -2.02. The quantitative estimate of drug-likeness (QED) is 0.455. The fourth-order valence-corrected chi connectivity index (χ4v) is 0.611. The number of ether oxygens (including phenoxy) is 1. The van der Waals surface area contributed by atoms with Crippen molar-refractivity contribution in [1.82, 2.24) is 0 Å². The topological polar surface area (TPSA) is 26.3 Å². The summed E-state index contributed by atoms with van der Waals surface area (Å²) in [7, 11) is 1.30. The molecule has 0 fully saturated rings. The molecule has 0 aliphatic carbocycles. The van der Waals surface area contributed by atoms with Crippen molar-refractivity contribution in [3.63, 3.8) is 0 Å². The lowest BCUT2D eigenvalue weighted by atomic mass is 10.2. The molecule has 62 valence electrons. The second-order valence-electron chi connectivity index (χ2n) is 2.10. The molecule has 0 aliphatic heterocycles. The molecule has 1 atom stereocenters. The normalized spacial score (nSPS) is 11.7. The molecule has 0 N–H and O–H groups in total. The van der Waals surface area contributed by atoms with Gasteiger partial charge in [0, 0.05) is 6.42 Å². The largest absolute Gasteiger partial charge is 0.469 e. The van der Waals surface area contributed by atoms with E-state index < -0.39 is 6.17 Å². The van der Waals surface area contributed by atoms with E-state index in [4.69, 9.17) is 6.42 Å². The lowest BCUT2D eigenvalue weighted by Gasteiger charge is -1.99. The van der Waals surface area contributed by atoms with Crippen molar-refractivity contribution in [3.05, 3.63) is 0 Å². The molecule has 0 amide bonds. The van der Waals surface area contributed by atoms with Gasteiger partial charge in [0.2, 0.25) is 0 Å². The van der Waals surface area contributed by atoms with E-state index in [1.807, 2.05) is 5.92 Å². The summed E-state index contributed by atoms with van der Waals surface area (Å²) in [5, 5.41) is 0. The van der Waals surface area contributed by atoms with Gasteiger partial charge in [-0.2, -0.15) is 0 Å². The van der Waals surface area contributed by atoms with Crippen molar-refractivity contribution in [2.24, 2.45) is 0 Å². The predicted octanol–water partition coefficient (Wildman–Crippen LogP) is 1.30. The molecule has 0 radical (unpaired) electrons. The molecule has 0 bridgehead atoms. The van der Waals surface area contributed by atoms with Crippen LogP contribution in [0.3, 0.4) is 0 Å². The van der Waals surface area contributed by atoms with Crippen LogP contribution in [0.1, 0.15) is 19.3 Å². The highest BCUT2D eigenvalue weighted by Crippen LogP contribution is 2.03. The van der Waals surface area contributed by atoms with Crippen LogP contribution in [-0.2, 0) is 9.53 Å². The van der Waals surface area contributed by atoms with Crippen molar-refractivity contribution in [1.29, 1.82) is 0 Å². The smallest absolute Gasteiger partial charge is 0.305 e. The van der Waals surface area contributed by atoms with Crippen LogP contribution in [0.5, 0.6) is 0 Å². The standard InChI is InChI=1S/C8H11FO2/c1-3-7(9)5-4-6-8(10)11-2/h1,7H,4-6H2,2H3/t7-/m0/s1. The van der Waals surface area contributed by atoms with Crippen LogP contribution >= 0.6 is 0 Å². The summed E-state index contributed by atoms with van der Waals surface area (Å²) in [6.45, 7) is 0. The van der Waals surface area contributed by atoms with E-state index in [2.05, 4.69) is 4.74 Å². The lowest BCUT2D eigenvalue weighted by molar-refractivity contribution is -0.140. The molecule has 0 aromatic heterocycles. The third-order valence-electron chi connectivity index (χ3n) is 1.25. The van der Waals surface area contributed by atoms with Gasteiger partial charge in [-0.3, -0.25) is 4.79 Å². The van der Waals surface area contributed by atoms with Crippen LogP contribution in [0, 0.1) is 12.3 Å².